The second kappa shape index (κ2) is 8.45. The first-order valence-corrected chi connectivity index (χ1v) is 10.0. The van der Waals surface area contributed by atoms with Gasteiger partial charge in [0, 0.05) is 58.3 Å². The van der Waals surface area contributed by atoms with Crippen LogP contribution in [0.25, 0.3) is 0 Å². The number of hydrogen-bond donors (Lipinski definition) is 0. The molecule has 5 heteroatoms. The molecule has 0 saturated carbocycles. The summed E-state index contributed by atoms with van der Waals surface area (Å²) < 4.78 is 12.0. The van der Waals surface area contributed by atoms with Crippen LogP contribution in [0.4, 0.5) is 0 Å². The van der Waals surface area contributed by atoms with Crippen molar-refractivity contribution in [1.82, 2.24) is 14.7 Å². The third-order valence-corrected chi connectivity index (χ3v) is 6.00. The lowest BCUT2D eigenvalue weighted by atomic mass is 9.98. The molecule has 3 aliphatic rings. The molecular weight excluding hydrogens is 302 g/mol. The van der Waals surface area contributed by atoms with Crippen molar-refractivity contribution in [3.8, 4) is 0 Å². The first-order valence-electron chi connectivity index (χ1n) is 10.0. The SMILES string of the molecule is CC[C@@H]1CN(CCCN2CCN(C(C)C)CC2)C[C@]2(CCOC2)O1. The Kier molecular flexibility index (Phi) is 6.55. The van der Waals surface area contributed by atoms with Crippen LogP contribution >= 0.6 is 0 Å². The highest BCUT2D eigenvalue weighted by molar-refractivity contribution is 4.93. The van der Waals surface area contributed by atoms with E-state index < -0.39 is 0 Å². The van der Waals surface area contributed by atoms with Crippen molar-refractivity contribution in [1.29, 1.82) is 0 Å². The van der Waals surface area contributed by atoms with Gasteiger partial charge in [0.15, 0.2) is 0 Å². The van der Waals surface area contributed by atoms with Gasteiger partial charge in [-0.25, -0.2) is 0 Å². The van der Waals surface area contributed by atoms with E-state index >= 15 is 0 Å². The van der Waals surface area contributed by atoms with Gasteiger partial charge in [0.25, 0.3) is 0 Å². The summed E-state index contributed by atoms with van der Waals surface area (Å²) in [7, 11) is 0. The molecule has 3 fully saturated rings. The van der Waals surface area contributed by atoms with Gasteiger partial charge >= 0.3 is 0 Å². The second-order valence-electron chi connectivity index (χ2n) is 8.19. The summed E-state index contributed by atoms with van der Waals surface area (Å²) in [5.41, 5.74) is -0.0121. The van der Waals surface area contributed by atoms with Gasteiger partial charge in [0.1, 0.15) is 5.60 Å². The molecule has 0 radical (unpaired) electrons. The number of piperazine rings is 1. The van der Waals surface area contributed by atoms with Crippen LogP contribution in [-0.4, -0.2) is 98.0 Å². The van der Waals surface area contributed by atoms with E-state index in [4.69, 9.17) is 9.47 Å². The summed E-state index contributed by atoms with van der Waals surface area (Å²) in [6, 6.07) is 0.691. The number of rotatable bonds is 6. The molecule has 0 N–H and O–H groups in total. The Morgan fingerprint density at radius 2 is 1.83 bits per heavy atom. The molecule has 0 amide bonds. The number of ether oxygens (including phenoxy) is 2. The van der Waals surface area contributed by atoms with Crippen LogP contribution in [0.2, 0.25) is 0 Å². The van der Waals surface area contributed by atoms with Crippen molar-refractivity contribution < 1.29 is 9.47 Å². The summed E-state index contributed by atoms with van der Waals surface area (Å²) in [5, 5.41) is 0. The Morgan fingerprint density at radius 3 is 2.46 bits per heavy atom. The van der Waals surface area contributed by atoms with Crippen LogP contribution in [-0.2, 0) is 9.47 Å². The fourth-order valence-corrected chi connectivity index (χ4v) is 4.40. The van der Waals surface area contributed by atoms with Crippen molar-refractivity contribution >= 4 is 0 Å². The Morgan fingerprint density at radius 1 is 1.08 bits per heavy atom. The smallest absolute Gasteiger partial charge is 0.107 e. The van der Waals surface area contributed by atoms with Crippen LogP contribution in [0.1, 0.15) is 40.0 Å². The van der Waals surface area contributed by atoms with E-state index in [2.05, 4.69) is 35.5 Å². The molecule has 0 aliphatic carbocycles. The average molecular weight is 340 g/mol. The molecule has 0 aromatic heterocycles. The number of nitrogens with zero attached hydrogens (tertiary/aromatic N) is 3. The predicted molar refractivity (Wildman–Crippen MR) is 97.5 cm³/mol. The molecule has 1 spiro atoms. The molecule has 3 aliphatic heterocycles. The Labute approximate surface area is 148 Å². The van der Waals surface area contributed by atoms with E-state index in [1.807, 2.05) is 0 Å². The predicted octanol–water partition coefficient (Wildman–Crippen LogP) is 1.67. The first kappa shape index (κ1) is 18.6. The summed E-state index contributed by atoms with van der Waals surface area (Å²) in [5.74, 6) is 0. The molecular formula is C19H37N3O2. The van der Waals surface area contributed by atoms with Gasteiger partial charge in [0.05, 0.1) is 12.7 Å². The molecule has 0 aromatic rings. The lowest BCUT2D eigenvalue weighted by Gasteiger charge is -2.44. The van der Waals surface area contributed by atoms with Crippen LogP contribution in [0, 0.1) is 0 Å². The highest BCUT2D eigenvalue weighted by Crippen LogP contribution is 2.31. The van der Waals surface area contributed by atoms with Crippen molar-refractivity contribution in [3.63, 3.8) is 0 Å². The summed E-state index contributed by atoms with van der Waals surface area (Å²) in [4.78, 5) is 7.87. The standard InChI is InChI=1S/C19H37N3O2/c1-4-18-14-21(15-19(24-18)6-13-23-16-19)8-5-7-20-9-11-22(12-10-20)17(2)3/h17-18H,4-16H2,1-3H3/t18-,19+/m1/s1. The van der Waals surface area contributed by atoms with Crippen LogP contribution in [0.3, 0.4) is 0 Å². The minimum atomic E-state index is -0.0121. The quantitative estimate of drug-likeness (QED) is 0.734. The minimum Gasteiger partial charge on any atom is -0.378 e. The third kappa shape index (κ3) is 4.70. The molecule has 5 nitrogen and oxygen atoms in total. The highest BCUT2D eigenvalue weighted by atomic mass is 16.6. The maximum Gasteiger partial charge on any atom is 0.107 e. The molecule has 0 unspecified atom stereocenters. The van der Waals surface area contributed by atoms with Gasteiger partial charge in [-0.1, -0.05) is 6.92 Å². The molecule has 3 saturated heterocycles. The van der Waals surface area contributed by atoms with Crippen molar-refractivity contribution in [3.05, 3.63) is 0 Å². The molecule has 2 atom stereocenters. The first-order chi connectivity index (χ1) is 11.6. The van der Waals surface area contributed by atoms with E-state index in [1.165, 1.54) is 45.7 Å². The maximum absolute atomic E-state index is 6.36. The molecule has 140 valence electrons. The van der Waals surface area contributed by atoms with E-state index in [1.54, 1.807) is 0 Å². The van der Waals surface area contributed by atoms with Gasteiger partial charge in [-0.3, -0.25) is 9.80 Å². The fraction of sp³-hybridized carbons (Fsp3) is 1.00. The third-order valence-electron chi connectivity index (χ3n) is 6.00. The van der Waals surface area contributed by atoms with Crippen LogP contribution in [0.15, 0.2) is 0 Å². The van der Waals surface area contributed by atoms with Crippen LogP contribution < -0.4 is 0 Å². The maximum atomic E-state index is 6.36. The van der Waals surface area contributed by atoms with Crippen molar-refractivity contribution in [2.45, 2.75) is 57.8 Å². The highest BCUT2D eigenvalue weighted by Gasteiger charge is 2.43. The van der Waals surface area contributed by atoms with Gasteiger partial charge < -0.3 is 14.4 Å². The molecule has 3 heterocycles. The Bertz CT molecular complexity index is 377. The summed E-state index contributed by atoms with van der Waals surface area (Å²) >= 11 is 0. The summed E-state index contributed by atoms with van der Waals surface area (Å²) in [6.07, 6.45) is 3.83. The normalized spacial score (nSPS) is 33.8. The van der Waals surface area contributed by atoms with E-state index in [9.17, 15) is 0 Å². The van der Waals surface area contributed by atoms with Gasteiger partial charge in [-0.15, -0.1) is 0 Å². The Hall–Kier alpha value is -0.200. The zero-order valence-electron chi connectivity index (χ0n) is 16.0. The molecule has 24 heavy (non-hydrogen) atoms. The molecule has 0 bridgehead atoms. The largest absolute Gasteiger partial charge is 0.378 e. The van der Waals surface area contributed by atoms with Gasteiger partial charge in [0.2, 0.25) is 0 Å². The van der Waals surface area contributed by atoms with Crippen LogP contribution in [0.5, 0.6) is 0 Å². The van der Waals surface area contributed by atoms with Gasteiger partial charge in [-0.2, -0.15) is 0 Å². The average Bonchev–Trinajstić information content (AvgIpc) is 3.02. The van der Waals surface area contributed by atoms with Crippen molar-refractivity contribution in [2.75, 3.05) is 65.6 Å². The Balaban J connectivity index is 1.40. The molecule has 3 rings (SSSR count). The number of morpholine rings is 1. The van der Waals surface area contributed by atoms with E-state index in [0.717, 1.165) is 39.1 Å². The summed E-state index contributed by atoms with van der Waals surface area (Å²) in [6.45, 7) is 18.0. The monoisotopic (exact) mass is 339 g/mol. The van der Waals surface area contributed by atoms with Gasteiger partial charge in [-0.05, 0) is 39.8 Å². The topological polar surface area (TPSA) is 28.2 Å². The minimum absolute atomic E-state index is 0.0121. The second-order valence-corrected chi connectivity index (χ2v) is 8.19. The zero-order chi connectivity index (χ0) is 17.0. The lowest BCUT2D eigenvalue weighted by Crippen LogP contribution is -2.56. The van der Waals surface area contributed by atoms with Crippen molar-refractivity contribution in [2.24, 2.45) is 0 Å². The fourth-order valence-electron chi connectivity index (χ4n) is 4.40. The molecule has 0 aromatic carbocycles. The number of hydrogen-bond acceptors (Lipinski definition) is 5. The van der Waals surface area contributed by atoms with E-state index in [0.29, 0.717) is 12.1 Å². The lowest BCUT2D eigenvalue weighted by molar-refractivity contribution is -0.154. The zero-order valence-corrected chi connectivity index (χ0v) is 16.0. The van der Waals surface area contributed by atoms with E-state index in [-0.39, 0.29) is 5.60 Å².